The molecule has 0 radical (unpaired) electrons. The SMILES string of the molecule is O=C1CCC2CN(c3ncc(Br)cc3[N+](=O)[O-])CCN12. The molecule has 2 fully saturated rings. The second-order valence-electron chi connectivity index (χ2n) is 4.98. The highest BCUT2D eigenvalue weighted by molar-refractivity contribution is 9.10. The standard InChI is InChI=1S/C12H13BrN4O3/c13-8-5-10(17(19)20)12(14-6-8)15-3-4-16-9(7-15)1-2-11(16)18/h5-6,9H,1-4,7H2. The smallest absolute Gasteiger partial charge is 0.312 e. The zero-order valence-electron chi connectivity index (χ0n) is 10.7. The summed E-state index contributed by atoms with van der Waals surface area (Å²) in [5, 5.41) is 11.1. The van der Waals surface area contributed by atoms with E-state index in [2.05, 4.69) is 20.9 Å². The Hall–Kier alpha value is -1.70. The third kappa shape index (κ3) is 2.24. The molecule has 2 saturated heterocycles. The van der Waals surface area contributed by atoms with Crippen molar-refractivity contribution in [2.24, 2.45) is 0 Å². The largest absolute Gasteiger partial charge is 0.347 e. The van der Waals surface area contributed by atoms with Crippen molar-refractivity contribution in [3.63, 3.8) is 0 Å². The second-order valence-corrected chi connectivity index (χ2v) is 5.89. The summed E-state index contributed by atoms with van der Waals surface area (Å²) in [6, 6.07) is 1.62. The first-order valence-corrected chi connectivity index (χ1v) is 7.20. The van der Waals surface area contributed by atoms with E-state index in [4.69, 9.17) is 0 Å². The van der Waals surface area contributed by atoms with Crippen LogP contribution in [0.1, 0.15) is 12.8 Å². The molecule has 3 heterocycles. The Labute approximate surface area is 123 Å². The number of fused-ring (bicyclic) bond motifs is 1. The number of halogens is 1. The van der Waals surface area contributed by atoms with Gasteiger partial charge in [0, 0.05) is 48.8 Å². The molecule has 7 nitrogen and oxygen atoms in total. The van der Waals surface area contributed by atoms with Gasteiger partial charge in [-0.1, -0.05) is 0 Å². The van der Waals surface area contributed by atoms with Crippen LogP contribution in [0.4, 0.5) is 11.5 Å². The highest BCUT2D eigenvalue weighted by atomic mass is 79.9. The maximum Gasteiger partial charge on any atom is 0.312 e. The number of anilines is 1. The van der Waals surface area contributed by atoms with Crippen LogP contribution in [0, 0.1) is 10.1 Å². The highest BCUT2D eigenvalue weighted by Gasteiger charge is 2.37. The van der Waals surface area contributed by atoms with Crippen LogP contribution in [0.25, 0.3) is 0 Å². The number of nitrogens with zero attached hydrogens (tertiary/aromatic N) is 4. The predicted molar refractivity (Wildman–Crippen MR) is 75.5 cm³/mol. The van der Waals surface area contributed by atoms with Gasteiger partial charge in [-0.3, -0.25) is 14.9 Å². The van der Waals surface area contributed by atoms with Crippen LogP contribution in [0.2, 0.25) is 0 Å². The normalized spacial score (nSPS) is 22.1. The number of amides is 1. The molecule has 1 aromatic rings. The van der Waals surface area contributed by atoms with Crippen molar-refractivity contribution in [3.05, 3.63) is 26.9 Å². The van der Waals surface area contributed by atoms with Crippen LogP contribution in [-0.4, -0.2) is 46.4 Å². The molecular weight excluding hydrogens is 328 g/mol. The topological polar surface area (TPSA) is 79.6 Å². The van der Waals surface area contributed by atoms with Crippen molar-refractivity contribution < 1.29 is 9.72 Å². The summed E-state index contributed by atoms with van der Waals surface area (Å²) in [7, 11) is 0. The molecule has 0 spiro atoms. The van der Waals surface area contributed by atoms with E-state index in [1.54, 1.807) is 6.20 Å². The van der Waals surface area contributed by atoms with E-state index in [1.165, 1.54) is 6.07 Å². The van der Waals surface area contributed by atoms with E-state index in [0.717, 1.165) is 6.42 Å². The molecule has 20 heavy (non-hydrogen) atoms. The molecule has 1 unspecified atom stereocenters. The van der Waals surface area contributed by atoms with Crippen LogP contribution in [0.5, 0.6) is 0 Å². The number of carbonyl (C=O) groups is 1. The van der Waals surface area contributed by atoms with Crippen LogP contribution >= 0.6 is 15.9 Å². The fourth-order valence-electron chi connectivity index (χ4n) is 2.86. The summed E-state index contributed by atoms with van der Waals surface area (Å²) in [5.74, 6) is 0.574. The lowest BCUT2D eigenvalue weighted by atomic mass is 10.1. The maximum absolute atomic E-state index is 11.6. The molecule has 2 aliphatic rings. The quantitative estimate of drug-likeness (QED) is 0.603. The summed E-state index contributed by atoms with van der Waals surface area (Å²) >= 11 is 3.20. The average Bonchev–Trinajstić information content (AvgIpc) is 2.80. The molecular formula is C12H13BrN4O3. The molecule has 0 N–H and O–H groups in total. The van der Waals surface area contributed by atoms with Gasteiger partial charge >= 0.3 is 5.69 Å². The maximum atomic E-state index is 11.6. The fourth-order valence-corrected chi connectivity index (χ4v) is 3.18. The zero-order chi connectivity index (χ0) is 14.3. The first-order valence-electron chi connectivity index (χ1n) is 6.40. The zero-order valence-corrected chi connectivity index (χ0v) is 12.2. The number of hydrogen-bond donors (Lipinski definition) is 0. The monoisotopic (exact) mass is 340 g/mol. The third-order valence-corrected chi connectivity index (χ3v) is 4.24. The van der Waals surface area contributed by atoms with Crippen LogP contribution in [0.3, 0.4) is 0 Å². The predicted octanol–water partition coefficient (Wildman–Crippen LogP) is 1.56. The lowest BCUT2D eigenvalue weighted by Gasteiger charge is -2.37. The van der Waals surface area contributed by atoms with Gasteiger partial charge in [-0.2, -0.15) is 0 Å². The molecule has 1 amide bonds. The van der Waals surface area contributed by atoms with Crippen molar-refractivity contribution in [1.29, 1.82) is 0 Å². The highest BCUT2D eigenvalue weighted by Crippen LogP contribution is 2.32. The van der Waals surface area contributed by atoms with E-state index >= 15 is 0 Å². The van der Waals surface area contributed by atoms with Gasteiger partial charge in [0.05, 0.1) is 4.92 Å². The van der Waals surface area contributed by atoms with E-state index in [9.17, 15) is 14.9 Å². The lowest BCUT2D eigenvalue weighted by Crippen LogP contribution is -2.51. The molecule has 2 aliphatic heterocycles. The van der Waals surface area contributed by atoms with E-state index in [1.807, 2.05) is 9.80 Å². The van der Waals surface area contributed by atoms with Crippen LogP contribution in [-0.2, 0) is 4.79 Å². The number of rotatable bonds is 2. The molecule has 106 valence electrons. The minimum Gasteiger partial charge on any atom is -0.347 e. The molecule has 0 saturated carbocycles. The number of hydrogen-bond acceptors (Lipinski definition) is 5. The third-order valence-electron chi connectivity index (χ3n) is 3.80. The fraction of sp³-hybridized carbons (Fsp3) is 0.500. The van der Waals surface area contributed by atoms with Crippen LogP contribution < -0.4 is 4.90 Å². The Morgan fingerprint density at radius 3 is 3.00 bits per heavy atom. The molecule has 1 aromatic heterocycles. The van der Waals surface area contributed by atoms with Gasteiger partial charge < -0.3 is 9.80 Å². The number of pyridine rings is 1. The van der Waals surface area contributed by atoms with E-state index < -0.39 is 4.92 Å². The van der Waals surface area contributed by atoms with Gasteiger partial charge in [0.2, 0.25) is 11.7 Å². The molecule has 8 heteroatoms. The molecule has 0 aliphatic carbocycles. The Bertz CT molecular complexity index is 580. The summed E-state index contributed by atoms with van der Waals surface area (Å²) in [6.45, 7) is 1.80. The number of carbonyl (C=O) groups excluding carboxylic acids is 1. The van der Waals surface area contributed by atoms with Gasteiger partial charge in [0.1, 0.15) is 0 Å². The summed E-state index contributed by atoms with van der Waals surface area (Å²) in [5.41, 5.74) is -0.00264. The number of piperazine rings is 1. The van der Waals surface area contributed by atoms with Crippen molar-refractivity contribution >= 4 is 33.3 Å². The van der Waals surface area contributed by atoms with Crippen molar-refractivity contribution in [1.82, 2.24) is 9.88 Å². The minimum atomic E-state index is -0.417. The average molecular weight is 341 g/mol. The van der Waals surface area contributed by atoms with Gasteiger partial charge in [-0.05, 0) is 22.4 Å². The number of aromatic nitrogens is 1. The Morgan fingerprint density at radius 1 is 1.45 bits per heavy atom. The van der Waals surface area contributed by atoms with Crippen molar-refractivity contribution in [2.75, 3.05) is 24.5 Å². The van der Waals surface area contributed by atoms with Gasteiger partial charge in [0.15, 0.2) is 0 Å². The summed E-state index contributed by atoms with van der Waals surface area (Å²) < 4.78 is 0.586. The Balaban J connectivity index is 1.87. The second kappa shape index (κ2) is 5.01. The number of nitro groups is 1. The van der Waals surface area contributed by atoms with E-state index in [0.29, 0.717) is 36.3 Å². The summed E-state index contributed by atoms with van der Waals surface area (Å²) in [6.07, 6.45) is 2.96. The minimum absolute atomic E-state index is 0.00264. The molecule has 1 atom stereocenters. The molecule has 0 aromatic carbocycles. The Morgan fingerprint density at radius 2 is 2.25 bits per heavy atom. The van der Waals surface area contributed by atoms with Gasteiger partial charge in [-0.15, -0.1) is 0 Å². The first-order chi connectivity index (χ1) is 9.56. The first kappa shape index (κ1) is 13.3. The van der Waals surface area contributed by atoms with E-state index in [-0.39, 0.29) is 17.6 Å². The summed E-state index contributed by atoms with van der Waals surface area (Å²) in [4.78, 5) is 30.4. The molecule has 0 bridgehead atoms. The lowest BCUT2D eigenvalue weighted by molar-refractivity contribution is -0.384. The Kier molecular flexibility index (Phi) is 3.33. The molecule has 3 rings (SSSR count). The van der Waals surface area contributed by atoms with Crippen LogP contribution in [0.15, 0.2) is 16.7 Å². The van der Waals surface area contributed by atoms with Gasteiger partial charge in [0.25, 0.3) is 0 Å². The van der Waals surface area contributed by atoms with Crippen molar-refractivity contribution in [2.45, 2.75) is 18.9 Å². The van der Waals surface area contributed by atoms with Crippen molar-refractivity contribution in [3.8, 4) is 0 Å². The van der Waals surface area contributed by atoms with Gasteiger partial charge in [-0.25, -0.2) is 4.98 Å².